The average molecular weight is 258 g/mol. The van der Waals surface area contributed by atoms with E-state index in [4.69, 9.17) is 0 Å². The SMILES string of the molecule is CNc1cc(NCc2cccnc2N(C)C)ncn1. The molecule has 0 radical (unpaired) electrons. The molecule has 0 fully saturated rings. The lowest BCUT2D eigenvalue weighted by Crippen LogP contribution is -2.14. The number of hydrogen-bond acceptors (Lipinski definition) is 6. The Labute approximate surface area is 112 Å². The molecule has 0 unspecified atom stereocenters. The molecule has 0 amide bonds. The van der Waals surface area contributed by atoms with Crippen LogP contribution in [0.15, 0.2) is 30.7 Å². The van der Waals surface area contributed by atoms with Gasteiger partial charge in [0, 0.05) is 45.5 Å². The van der Waals surface area contributed by atoms with Gasteiger partial charge in [0.25, 0.3) is 0 Å². The van der Waals surface area contributed by atoms with Crippen LogP contribution in [0.1, 0.15) is 5.56 Å². The zero-order valence-corrected chi connectivity index (χ0v) is 11.4. The minimum atomic E-state index is 0.668. The van der Waals surface area contributed by atoms with Crippen LogP contribution in [0.2, 0.25) is 0 Å². The van der Waals surface area contributed by atoms with Gasteiger partial charge in [0.2, 0.25) is 0 Å². The molecular weight excluding hydrogens is 240 g/mol. The molecule has 0 aliphatic carbocycles. The van der Waals surface area contributed by atoms with Crippen LogP contribution in [-0.2, 0) is 6.54 Å². The standard InChI is InChI=1S/C13H18N6/c1-14-11-7-12(18-9-17-11)16-8-10-5-4-6-15-13(10)19(2)3/h4-7,9H,8H2,1-3H3,(H2,14,16,17,18). The summed E-state index contributed by atoms with van der Waals surface area (Å²) in [5.74, 6) is 2.53. The van der Waals surface area contributed by atoms with Gasteiger partial charge in [0.1, 0.15) is 23.8 Å². The molecule has 0 bridgehead atoms. The molecule has 0 aliphatic heterocycles. The molecule has 2 N–H and O–H groups in total. The average Bonchev–Trinajstić information content (AvgIpc) is 2.45. The van der Waals surface area contributed by atoms with Gasteiger partial charge in [-0.05, 0) is 6.07 Å². The Hall–Kier alpha value is -2.37. The Balaban J connectivity index is 2.10. The molecule has 0 atom stereocenters. The number of aromatic nitrogens is 3. The van der Waals surface area contributed by atoms with E-state index in [0.29, 0.717) is 6.54 Å². The highest BCUT2D eigenvalue weighted by molar-refractivity contribution is 5.50. The summed E-state index contributed by atoms with van der Waals surface area (Å²) in [4.78, 5) is 14.6. The third kappa shape index (κ3) is 3.31. The van der Waals surface area contributed by atoms with Crippen LogP contribution in [-0.4, -0.2) is 36.1 Å². The van der Waals surface area contributed by atoms with Crippen molar-refractivity contribution in [1.82, 2.24) is 15.0 Å². The van der Waals surface area contributed by atoms with E-state index in [1.807, 2.05) is 38.2 Å². The first-order chi connectivity index (χ1) is 9.20. The van der Waals surface area contributed by atoms with Crippen molar-refractivity contribution in [1.29, 1.82) is 0 Å². The van der Waals surface area contributed by atoms with Crippen molar-refractivity contribution >= 4 is 17.5 Å². The predicted molar refractivity (Wildman–Crippen MR) is 77.5 cm³/mol. The number of hydrogen-bond donors (Lipinski definition) is 2. The summed E-state index contributed by atoms with van der Waals surface area (Å²) in [7, 11) is 5.79. The lowest BCUT2D eigenvalue weighted by Gasteiger charge is -2.16. The zero-order chi connectivity index (χ0) is 13.7. The molecule has 2 rings (SSSR count). The van der Waals surface area contributed by atoms with Crippen LogP contribution >= 0.6 is 0 Å². The second kappa shape index (κ2) is 5.99. The Bertz CT molecular complexity index is 540. The van der Waals surface area contributed by atoms with Gasteiger partial charge in [0.05, 0.1) is 0 Å². The van der Waals surface area contributed by atoms with Crippen molar-refractivity contribution in [2.75, 3.05) is 36.7 Å². The molecular formula is C13H18N6. The highest BCUT2D eigenvalue weighted by Gasteiger charge is 2.05. The van der Waals surface area contributed by atoms with Crippen molar-refractivity contribution in [3.05, 3.63) is 36.3 Å². The number of nitrogens with zero attached hydrogens (tertiary/aromatic N) is 4. The lowest BCUT2D eigenvalue weighted by atomic mass is 10.2. The Morgan fingerprint density at radius 1 is 1.16 bits per heavy atom. The Kier molecular flexibility index (Phi) is 4.12. The first kappa shape index (κ1) is 13.1. The highest BCUT2D eigenvalue weighted by Crippen LogP contribution is 2.16. The second-order valence-corrected chi connectivity index (χ2v) is 4.27. The van der Waals surface area contributed by atoms with Crippen molar-refractivity contribution in [3.8, 4) is 0 Å². The van der Waals surface area contributed by atoms with Crippen LogP contribution in [0, 0.1) is 0 Å². The quantitative estimate of drug-likeness (QED) is 0.849. The third-order valence-corrected chi connectivity index (χ3v) is 2.67. The molecule has 2 aromatic heterocycles. The van der Waals surface area contributed by atoms with E-state index < -0.39 is 0 Å². The van der Waals surface area contributed by atoms with Crippen LogP contribution in [0.4, 0.5) is 17.5 Å². The van der Waals surface area contributed by atoms with Gasteiger partial charge in [-0.3, -0.25) is 0 Å². The molecule has 6 heteroatoms. The van der Waals surface area contributed by atoms with Crippen LogP contribution < -0.4 is 15.5 Å². The summed E-state index contributed by atoms with van der Waals surface area (Å²) in [5.41, 5.74) is 1.12. The Morgan fingerprint density at radius 2 is 1.95 bits per heavy atom. The van der Waals surface area contributed by atoms with Gasteiger partial charge in [-0.15, -0.1) is 0 Å². The summed E-state index contributed by atoms with van der Waals surface area (Å²) < 4.78 is 0. The van der Waals surface area contributed by atoms with Crippen molar-refractivity contribution in [2.45, 2.75) is 6.54 Å². The van der Waals surface area contributed by atoms with E-state index in [9.17, 15) is 0 Å². The highest BCUT2D eigenvalue weighted by atomic mass is 15.1. The van der Waals surface area contributed by atoms with E-state index >= 15 is 0 Å². The fourth-order valence-electron chi connectivity index (χ4n) is 1.75. The fraction of sp³-hybridized carbons (Fsp3) is 0.308. The molecule has 2 aromatic rings. The maximum absolute atomic E-state index is 4.37. The molecule has 0 saturated carbocycles. The minimum absolute atomic E-state index is 0.668. The maximum atomic E-state index is 4.37. The predicted octanol–water partition coefficient (Wildman–Crippen LogP) is 1.59. The first-order valence-electron chi connectivity index (χ1n) is 6.05. The fourth-order valence-corrected chi connectivity index (χ4v) is 1.75. The topological polar surface area (TPSA) is 66.0 Å². The molecule has 19 heavy (non-hydrogen) atoms. The van der Waals surface area contributed by atoms with Gasteiger partial charge in [-0.1, -0.05) is 6.07 Å². The van der Waals surface area contributed by atoms with Crippen molar-refractivity contribution in [3.63, 3.8) is 0 Å². The molecule has 0 aromatic carbocycles. The van der Waals surface area contributed by atoms with Crippen molar-refractivity contribution < 1.29 is 0 Å². The van der Waals surface area contributed by atoms with E-state index in [1.165, 1.54) is 6.33 Å². The van der Waals surface area contributed by atoms with E-state index in [1.54, 1.807) is 6.20 Å². The molecule has 0 saturated heterocycles. The summed E-state index contributed by atoms with van der Waals surface area (Å²) in [5, 5.41) is 6.26. The third-order valence-electron chi connectivity index (χ3n) is 2.67. The van der Waals surface area contributed by atoms with E-state index in [2.05, 4.69) is 31.7 Å². The Morgan fingerprint density at radius 3 is 2.68 bits per heavy atom. The molecule has 0 aliphatic rings. The summed E-state index contributed by atoms with van der Waals surface area (Å²) in [6.07, 6.45) is 3.33. The van der Waals surface area contributed by atoms with Gasteiger partial charge >= 0.3 is 0 Å². The number of nitrogens with one attached hydrogen (secondary N) is 2. The van der Waals surface area contributed by atoms with Crippen molar-refractivity contribution in [2.24, 2.45) is 0 Å². The first-order valence-corrected chi connectivity index (χ1v) is 6.05. The van der Waals surface area contributed by atoms with Crippen LogP contribution in [0.5, 0.6) is 0 Å². The normalized spacial score (nSPS) is 10.1. The summed E-state index contributed by atoms with van der Waals surface area (Å²) >= 11 is 0. The van der Waals surface area contributed by atoms with Gasteiger partial charge in [0.15, 0.2) is 0 Å². The van der Waals surface area contributed by atoms with Crippen LogP contribution in [0.25, 0.3) is 0 Å². The molecule has 0 spiro atoms. The van der Waals surface area contributed by atoms with Gasteiger partial charge in [-0.25, -0.2) is 15.0 Å². The molecule has 2 heterocycles. The summed E-state index contributed by atoms with van der Waals surface area (Å²) in [6.45, 7) is 0.668. The number of anilines is 3. The largest absolute Gasteiger partial charge is 0.373 e. The van der Waals surface area contributed by atoms with Crippen LogP contribution in [0.3, 0.4) is 0 Å². The number of rotatable bonds is 5. The summed E-state index contributed by atoms with van der Waals surface area (Å²) in [6, 6.07) is 5.85. The maximum Gasteiger partial charge on any atom is 0.132 e. The van der Waals surface area contributed by atoms with Gasteiger partial charge < -0.3 is 15.5 Å². The monoisotopic (exact) mass is 258 g/mol. The van der Waals surface area contributed by atoms with Gasteiger partial charge in [-0.2, -0.15) is 0 Å². The molecule has 100 valence electrons. The zero-order valence-electron chi connectivity index (χ0n) is 11.4. The number of pyridine rings is 1. The molecule has 6 nitrogen and oxygen atoms in total. The minimum Gasteiger partial charge on any atom is -0.373 e. The smallest absolute Gasteiger partial charge is 0.132 e. The van der Waals surface area contributed by atoms with E-state index in [-0.39, 0.29) is 0 Å². The lowest BCUT2D eigenvalue weighted by molar-refractivity contribution is 1.00. The second-order valence-electron chi connectivity index (χ2n) is 4.27. The van der Waals surface area contributed by atoms with E-state index in [0.717, 1.165) is 23.0 Å².